The van der Waals surface area contributed by atoms with Crippen LogP contribution in [-0.2, 0) is 30.4 Å². The van der Waals surface area contributed by atoms with Crippen LogP contribution in [0.3, 0.4) is 0 Å². The van der Waals surface area contributed by atoms with E-state index >= 15 is 0 Å². The second-order valence-corrected chi connectivity index (χ2v) is 8.63. The predicted octanol–water partition coefficient (Wildman–Crippen LogP) is 6.77. The Morgan fingerprint density at radius 3 is 1.75 bits per heavy atom. The number of hydrogen-bond acceptors (Lipinski definition) is 5. The van der Waals surface area contributed by atoms with Gasteiger partial charge in [0, 0.05) is 20.3 Å². The Hall–Kier alpha value is -1.88. The lowest BCUT2D eigenvalue weighted by Gasteiger charge is -2.17. The van der Waals surface area contributed by atoms with Crippen LogP contribution in [0, 0.1) is 0 Å². The van der Waals surface area contributed by atoms with Crippen molar-refractivity contribution in [3.05, 3.63) is 35.9 Å². The molecule has 182 valence electrons. The van der Waals surface area contributed by atoms with E-state index in [1.54, 1.807) is 0 Å². The smallest absolute Gasteiger partial charge is 0.302 e. The lowest BCUT2D eigenvalue weighted by atomic mass is 10.0. The molecule has 1 rings (SSSR count). The number of hydrogen-bond donors (Lipinski definition) is 0. The molecule has 0 aliphatic carbocycles. The fraction of sp³-hybridized carbons (Fsp3) is 0.704. The van der Waals surface area contributed by atoms with Crippen LogP contribution in [0.15, 0.2) is 30.3 Å². The van der Waals surface area contributed by atoms with Gasteiger partial charge in [0.15, 0.2) is 0 Å². The SMILES string of the molecule is CCCC[C@@H](CCCCCCCC[C@@H](CCOCc1ccccc1)OC(C)=O)OC(C)=O. The lowest BCUT2D eigenvalue weighted by molar-refractivity contribution is -0.148. The molecule has 0 spiro atoms. The van der Waals surface area contributed by atoms with E-state index in [1.165, 1.54) is 33.1 Å². The molecule has 0 N–H and O–H groups in total. The maximum atomic E-state index is 11.4. The Morgan fingerprint density at radius 2 is 1.22 bits per heavy atom. The summed E-state index contributed by atoms with van der Waals surface area (Å²) in [4.78, 5) is 22.6. The molecule has 0 aromatic heterocycles. The Balaban J connectivity index is 2.12. The molecule has 0 fully saturated rings. The van der Waals surface area contributed by atoms with E-state index in [-0.39, 0.29) is 24.1 Å². The quantitative estimate of drug-likeness (QED) is 0.173. The van der Waals surface area contributed by atoms with E-state index in [0.29, 0.717) is 13.2 Å². The summed E-state index contributed by atoms with van der Waals surface area (Å²) >= 11 is 0. The van der Waals surface area contributed by atoms with Crippen molar-refractivity contribution in [3.8, 4) is 0 Å². The molecule has 0 saturated carbocycles. The van der Waals surface area contributed by atoms with E-state index in [4.69, 9.17) is 14.2 Å². The third kappa shape index (κ3) is 15.9. The van der Waals surface area contributed by atoms with Gasteiger partial charge >= 0.3 is 11.9 Å². The van der Waals surface area contributed by atoms with Gasteiger partial charge in [0.25, 0.3) is 0 Å². The molecule has 1 aromatic carbocycles. The Morgan fingerprint density at radius 1 is 0.719 bits per heavy atom. The Labute approximate surface area is 195 Å². The summed E-state index contributed by atoms with van der Waals surface area (Å²) in [6.07, 6.45) is 12.7. The minimum atomic E-state index is -0.219. The second-order valence-electron chi connectivity index (χ2n) is 8.63. The standard InChI is InChI=1S/C27H44O5/c1-4-5-17-26(31-23(2)28)18-13-8-6-7-9-14-19-27(32-24(3)29)20-21-30-22-25-15-11-10-12-16-25/h10-12,15-16,26-27H,4-9,13-14,17-22H2,1-3H3/t26-,27-/m0/s1. The van der Waals surface area contributed by atoms with Crippen LogP contribution >= 0.6 is 0 Å². The number of carbonyl (C=O) groups excluding carboxylic acids is 2. The van der Waals surface area contributed by atoms with Gasteiger partial charge < -0.3 is 14.2 Å². The van der Waals surface area contributed by atoms with Gasteiger partial charge in [-0.2, -0.15) is 0 Å². The predicted molar refractivity (Wildman–Crippen MR) is 128 cm³/mol. The van der Waals surface area contributed by atoms with Gasteiger partial charge in [0.2, 0.25) is 0 Å². The zero-order valence-corrected chi connectivity index (χ0v) is 20.5. The highest BCUT2D eigenvalue weighted by Gasteiger charge is 2.13. The zero-order chi connectivity index (χ0) is 23.4. The molecule has 0 saturated heterocycles. The van der Waals surface area contributed by atoms with Crippen LogP contribution in [0.5, 0.6) is 0 Å². The van der Waals surface area contributed by atoms with Gasteiger partial charge in [0.1, 0.15) is 12.2 Å². The molecular formula is C27H44O5. The van der Waals surface area contributed by atoms with Crippen molar-refractivity contribution in [1.29, 1.82) is 0 Å². The van der Waals surface area contributed by atoms with Crippen LogP contribution in [0.1, 0.15) is 103 Å². The molecule has 5 heteroatoms. The Bertz CT molecular complexity index is 601. The van der Waals surface area contributed by atoms with E-state index in [2.05, 4.69) is 6.92 Å². The van der Waals surface area contributed by atoms with Crippen LogP contribution in [0.4, 0.5) is 0 Å². The average molecular weight is 449 g/mol. The van der Waals surface area contributed by atoms with Gasteiger partial charge in [-0.3, -0.25) is 9.59 Å². The number of ether oxygens (including phenoxy) is 3. The first kappa shape index (κ1) is 28.2. The van der Waals surface area contributed by atoms with Crippen LogP contribution in [0.25, 0.3) is 0 Å². The molecule has 0 unspecified atom stereocenters. The molecule has 0 radical (unpaired) electrons. The minimum Gasteiger partial charge on any atom is -0.463 e. The highest BCUT2D eigenvalue weighted by atomic mass is 16.5. The first-order valence-electron chi connectivity index (χ1n) is 12.5. The average Bonchev–Trinajstić information content (AvgIpc) is 2.76. The van der Waals surface area contributed by atoms with Crippen molar-refractivity contribution in [3.63, 3.8) is 0 Å². The van der Waals surface area contributed by atoms with Crippen molar-refractivity contribution in [2.45, 2.75) is 117 Å². The first-order chi connectivity index (χ1) is 15.5. The van der Waals surface area contributed by atoms with Gasteiger partial charge in [0.05, 0.1) is 13.2 Å². The van der Waals surface area contributed by atoms with Crippen LogP contribution in [-0.4, -0.2) is 30.8 Å². The highest BCUT2D eigenvalue weighted by molar-refractivity contribution is 5.66. The molecule has 0 aliphatic rings. The van der Waals surface area contributed by atoms with Gasteiger partial charge in [-0.05, 0) is 37.7 Å². The molecule has 0 amide bonds. The molecular weight excluding hydrogens is 404 g/mol. The van der Waals surface area contributed by atoms with Crippen LogP contribution < -0.4 is 0 Å². The van der Waals surface area contributed by atoms with Crippen molar-refractivity contribution < 1.29 is 23.8 Å². The number of unbranched alkanes of at least 4 members (excludes halogenated alkanes) is 6. The summed E-state index contributed by atoms with van der Waals surface area (Å²) in [7, 11) is 0. The van der Waals surface area contributed by atoms with E-state index in [1.807, 2.05) is 30.3 Å². The fourth-order valence-electron chi connectivity index (χ4n) is 3.86. The summed E-state index contributed by atoms with van der Waals surface area (Å²) in [5.41, 5.74) is 1.15. The molecule has 0 heterocycles. The number of esters is 2. The monoisotopic (exact) mass is 448 g/mol. The maximum Gasteiger partial charge on any atom is 0.302 e. The molecule has 32 heavy (non-hydrogen) atoms. The second kappa shape index (κ2) is 18.7. The Kier molecular flexibility index (Phi) is 16.4. The molecule has 2 atom stereocenters. The number of rotatable bonds is 19. The van der Waals surface area contributed by atoms with E-state index < -0.39 is 0 Å². The topological polar surface area (TPSA) is 61.8 Å². The number of carbonyl (C=O) groups is 2. The zero-order valence-electron chi connectivity index (χ0n) is 20.5. The molecule has 0 aliphatic heterocycles. The normalized spacial score (nSPS) is 12.8. The summed E-state index contributed by atoms with van der Waals surface area (Å²) in [6.45, 7) is 6.31. The van der Waals surface area contributed by atoms with E-state index in [0.717, 1.165) is 63.4 Å². The molecule has 5 nitrogen and oxygen atoms in total. The largest absolute Gasteiger partial charge is 0.463 e. The van der Waals surface area contributed by atoms with Gasteiger partial charge in [-0.15, -0.1) is 0 Å². The summed E-state index contributed by atoms with van der Waals surface area (Å²) in [6, 6.07) is 10.1. The minimum absolute atomic E-state index is 0.0636. The number of benzene rings is 1. The summed E-state index contributed by atoms with van der Waals surface area (Å²) < 4.78 is 16.7. The fourth-order valence-corrected chi connectivity index (χ4v) is 3.86. The summed E-state index contributed by atoms with van der Waals surface area (Å²) in [5.74, 6) is -0.387. The maximum absolute atomic E-state index is 11.4. The van der Waals surface area contributed by atoms with Crippen molar-refractivity contribution in [2.24, 2.45) is 0 Å². The molecule has 0 bridgehead atoms. The third-order valence-electron chi connectivity index (χ3n) is 5.54. The molecule has 1 aromatic rings. The van der Waals surface area contributed by atoms with Crippen LogP contribution in [0.2, 0.25) is 0 Å². The van der Waals surface area contributed by atoms with Gasteiger partial charge in [-0.1, -0.05) is 75.8 Å². The third-order valence-corrected chi connectivity index (χ3v) is 5.54. The van der Waals surface area contributed by atoms with Crippen molar-refractivity contribution in [1.82, 2.24) is 0 Å². The van der Waals surface area contributed by atoms with E-state index in [9.17, 15) is 9.59 Å². The lowest BCUT2D eigenvalue weighted by Crippen LogP contribution is -2.18. The van der Waals surface area contributed by atoms with Gasteiger partial charge in [-0.25, -0.2) is 0 Å². The first-order valence-corrected chi connectivity index (χ1v) is 12.5. The van der Waals surface area contributed by atoms with Crippen molar-refractivity contribution >= 4 is 11.9 Å². The highest BCUT2D eigenvalue weighted by Crippen LogP contribution is 2.17. The summed E-state index contributed by atoms with van der Waals surface area (Å²) in [5, 5.41) is 0. The van der Waals surface area contributed by atoms with Crippen molar-refractivity contribution in [2.75, 3.05) is 6.61 Å².